The Morgan fingerprint density at radius 2 is 1.89 bits per heavy atom. The molecule has 0 saturated carbocycles. The number of ether oxygens (including phenoxy) is 1. The Balaban J connectivity index is 1.80. The average Bonchev–Trinajstić information content (AvgIpc) is 2.40. The molecule has 0 aromatic heterocycles. The van der Waals surface area contributed by atoms with Crippen LogP contribution in [-0.4, -0.2) is 12.4 Å². The van der Waals surface area contributed by atoms with E-state index in [-0.39, 0.29) is 0 Å². The van der Waals surface area contributed by atoms with Crippen molar-refractivity contribution < 1.29 is 4.74 Å². The summed E-state index contributed by atoms with van der Waals surface area (Å²) in [6.07, 6.45) is 0. The number of anilines is 1. The Labute approximate surface area is 122 Å². The van der Waals surface area contributed by atoms with E-state index >= 15 is 0 Å². The molecular formula is C15H16ClNOS. The SMILES string of the molecule is Cc1ccc(Cl)c(OCCSc2ccc(N)cc2)c1. The Kier molecular flexibility index (Phi) is 5.00. The molecule has 100 valence electrons. The summed E-state index contributed by atoms with van der Waals surface area (Å²) < 4.78 is 5.69. The van der Waals surface area contributed by atoms with Crippen LogP contribution in [0.25, 0.3) is 0 Å². The van der Waals surface area contributed by atoms with Gasteiger partial charge in [-0.05, 0) is 48.9 Å². The molecule has 2 N–H and O–H groups in total. The Hall–Kier alpha value is -1.32. The van der Waals surface area contributed by atoms with E-state index in [0.717, 1.165) is 22.8 Å². The number of halogens is 1. The van der Waals surface area contributed by atoms with Gasteiger partial charge in [0.05, 0.1) is 11.6 Å². The lowest BCUT2D eigenvalue weighted by Crippen LogP contribution is -2.00. The van der Waals surface area contributed by atoms with Gasteiger partial charge in [-0.2, -0.15) is 0 Å². The maximum absolute atomic E-state index is 6.06. The minimum Gasteiger partial charge on any atom is -0.491 e. The lowest BCUT2D eigenvalue weighted by molar-refractivity contribution is 0.344. The standard InChI is InChI=1S/C15H16ClNOS/c1-11-2-7-14(16)15(10-11)18-8-9-19-13-5-3-12(17)4-6-13/h2-7,10H,8-9,17H2,1H3. The lowest BCUT2D eigenvalue weighted by Gasteiger charge is -2.08. The summed E-state index contributed by atoms with van der Waals surface area (Å²) in [4.78, 5) is 1.19. The van der Waals surface area contributed by atoms with Crippen LogP contribution in [-0.2, 0) is 0 Å². The van der Waals surface area contributed by atoms with E-state index in [9.17, 15) is 0 Å². The number of hydrogen-bond acceptors (Lipinski definition) is 3. The molecule has 0 fully saturated rings. The second-order valence-electron chi connectivity index (χ2n) is 4.20. The van der Waals surface area contributed by atoms with Gasteiger partial charge in [0.15, 0.2) is 0 Å². The zero-order chi connectivity index (χ0) is 13.7. The fourth-order valence-electron chi connectivity index (χ4n) is 1.60. The maximum Gasteiger partial charge on any atom is 0.138 e. The molecule has 2 nitrogen and oxygen atoms in total. The Morgan fingerprint density at radius 3 is 2.63 bits per heavy atom. The molecule has 2 aromatic carbocycles. The third-order valence-electron chi connectivity index (χ3n) is 2.58. The summed E-state index contributed by atoms with van der Waals surface area (Å²) in [5.74, 6) is 1.62. The van der Waals surface area contributed by atoms with E-state index in [1.54, 1.807) is 11.8 Å². The summed E-state index contributed by atoms with van der Waals surface area (Å²) in [5, 5.41) is 0.656. The van der Waals surface area contributed by atoms with Gasteiger partial charge in [0.25, 0.3) is 0 Å². The van der Waals surface area contributed by atoms with Crippen LogP contribution < -0.4 is 10.5 Å². The molecule has 0 aliphatic rings. The van der Waals surface area contributed by atoms with Gasteiger partial charge in [-0.1, -0.05) is 17.7 Å². The van der Waals surface area contributed by atoms with Gasteiger partial charge in [0, 0.05) is 16.3 Å². The average molecular weight is 294 g/mol. The minimum atomic E-state index is 0.623. The highest BCUT2D eigenvalue weighted by Crippen LogP contribution is 2.26. The third-order valence-corrected chi connectivity index (χ3v) is 3.86. The highest BCUT2D eigenvalue weighted by molar-refractivity contribution is 7.99. The molecule has 0 heterocycles. The monoisotopic (exact) mass is 293 g/mol. The number of nitrogen functional groups attached to an aromatic ring is 1. The highest BCUT2D eigenvalue weighted by Gasteiger charge is 2.01. The summed E-state index contributed by atoms with van der Waals surface area (Å²) in [7, 11) is 0. The fraction of sp³-hybridized carbons (Fsp3) is 0.200. The number of thioether (sulfide) groups is 1. The minimum absolute atomic E-state index is 0.623. The number of rotatable bonds is 5. The topological polar surface area (TPSA) is 35.2 Å². The summed E-state index contributed by atoms with van der Waals surface area (Å²) in [6.45, 7) is 2.64. The second kappa shape index (κ2) is 6.73. The van der Waals surface area contributed by atoms with Crippen molar-refractivity contribution in [2.24, 2.45) is 0 Å². The second-order valence-corrected chi connectivity index (χ2v) is 5.78. The lowest BCUT2D eigenvalue weighted by atomic mass is 10.2. The number of hydrogen-bond donors (Lipinski definition) is 1. The predicted molar refractivity (Wildman–Crippen MR) is 83.3 cm³/mol. The molecule has 4 heteroatoms. The van der Waals surface area contributed by atoms with Gasteiger partial charge in [-0.15, -0.1) is 11.8 Å². The van der Waals surface area contributed by atoms with Gasteiger partial charge in [-0.25, -0.2) is 0 Å². The van der Waals surface area contributed by atoms with Crippen LogP contribution in [0.15, 0.2) is 47.4 Å². The first-order chi connectivity index (χ1) is 9.15. The molecule has 0 atom stereocenters. The molecule has 19 heavy (non-hydrogen) atoms. The molecule has 0 unspecified atom stereocenters. The van der Waals surface area contributed by atoms with Gasteiger partial charge in [-0.3, -0.25) is 0 Å². The fourth-order valence-corrected chi connectivity index (χ4v) is 2.50. The molecule has 0 amide bonds. The van der Waals surface area contributed by atoms with Crippen LogP contribution in [0.3, 0.4) is 0 Å². The van der Waals surface area contributed by atoms with Crippen LogP contribution in [0.1, 0.15) is 5.56 Å². The van der Waals surface area contributed by atoms with Crippen molar-refractivity contribution in [3.63, 3.8) is 0 Å². The van der Waals surface area contributed by atoms with Crippen molar-refractivity contribution in [1.82, 2.24) is 0 Å². The van der Waals surface area contributed by atoms with Gasteiger partial charge < -0.3 is 10.5 Å². The molecule has 0 spiro atoms. The number of aryl methyl sites for hydroxylation is 1. The van der Waals surface area contributed by atoms with E-state index in [2.05, 4.69) is 0 Å². The smallest absolute Gasteiger partial charge is 0.138 e. The van der Waals surface area contributed by atoms with Crippen LogP contribution in [0.2, 0.25) is 5.02 Å². The highest BCUT2D eigenvalue weighted by atomic mass is 35.5. The van der Waals surface area contributed by atoms with Crippen LogP contribution in [0.4, 0.5) is 5.69 Å². The van der Waals surface area contributed by atoms with Crippen LogP contribution >= 0.6 is 23.4 Å². The van der Waals surface area contributed by atoms with E-state index in [1.807, 2.05) is 49.4 Å². The molecule has 0 aliphatic carbocycles. The summed E-state index contributed by atoms with van der Waals surface area (Å²) in [6, 6.07) is 13.6. The number of nitrogens with two attached hydrogens (primary N) is 1. The molecule has 0 radical (unpaired) electrons. The van der Waals surface area contributed by atoms with Crippen molar-refractivity contribution in [1.29, 1.82) is 0 Å². The van der Waals surface area contributed by atoms with E-state index < -0.39 is 0 Å². The largest absolute Gasteiger partial charge is 0.491 e. The van der Waals surface area contributed by atoms with Crippen LogP contribution in [0, 0.1) is 6.92 Å². The van der Waals surface area contributed by atoms with Gasteiger partial charge in [0.1, 0.15) is 5.75 Å². The quantitative estimate of drug-likeness (QED) is 0.504. The first-order valence-corrected chi connectivity index (χ1v) is 7.39. The normalized spacial score (nSPS) is 10.4. The molecule has 0 aliphatic heterocycles. The van der Waals surface area contributed by atoms with Gasteiger partial charge in [0.2, 0.25) is 0 Å². The maximum atomic E-state index is 6.06. The van der Waals surface area contributed by atoms with Crippen LogP contribution in [0.5, 0.6) is 5.75 Å². The van der Waals surface area contributed by atoms with Crippen molar-refractivity contribution in [3.8, 4) is 5.75 Å². The van der Waals surface area contributed by atoms with Gasteiger partial charge >= 0.3 is 0 Å². The number of benzene rings is 2. The molecule has 2 aromatic rings. The van der Waals surface area contributed by atoms with Crippen molar-refractivity contribution in [3.05, 3.63) is 53.1 Å². The Bertz CT molecular complexity index is 542. The first kappa shape index (κ1) is 14.1. The van der Waals surface area contributed by atoms with Crippen molar-refractivity contribution in [2.75, 3.05) is 18.1 Å². The zero-order valence-corrected chi connectivity index (χ0v) is 12.3. The predicted octanol–water partition coefficient (Wildman–Crippen LogP) is 4.40. The van der Waals surface area contributed by atoms with E-state index in [0.29, 0.717) is 11.6 Å². The zero-order valence-electron chi connectivity index (χ0n) is 10.7. The van der Waals surface area contributed by atoms with E-state index in [1.165, 1.54) is 4.90 Å². The first-order valence-electron chi connectivity index (χ1n) is 6.02. The molecular weight excluding hydrogens is 278 g/mol. The Morgan fingerprint density at radius 1 is 1.16 bits per heavy atom. The molecule has 0 bridgehead atoms. The molecule has 2 rings (SSSR count). The summed E-state index contributed by atoms with van der Waals surface area (Å²) >= 11 is 7.80. The summed E-state index contributed by atoms with van der Waals surface area (Å²) in [5.41, 5.74) is 7.57. The van der Waals surface area contributed by atoms with E-state index in [4.69, 9.17) is 22.1 Å². The third kappa shape index (κ3) is 4.37. The van der Waals surface area contributed by atoms with Crippen molar-refractivity contribution >= 4 is 29.1 Å². The van der Waals surface area contributed by atoms with Crippen molar-refractivity contribution in [2.45, 2.75) is 11.8 Å². The molecule has 0 saturated heterocycles.